The van der Waals surface area contributed by atoms with Gasteiger partial charge >= 0.3 is 0 Å². The summed E-state index contributed by atoms with van der Waals surface area (Å²) in [5.41, 5.74) is 1.33. The van der Waals surface area contributed by atoms with Crippen LogP contribution in [-0.2, 0) is 0 Å². The van der Waals surface area contributed by atoms with Gasteiger partial charge in [0.05, 0.1) is 5.56 Å². The number of nitrogens with zero attached hydrogens (tertiary/aromatic N) is 1. The summed E-state index contributed by atoms with van der Waals surface area (Å²) in [5.74, 6) is -0.664. The zero-order valence-corrected chi connectivity index (χ0v) is 9.08. The van der Waals surface area contributed by atoms with E-state index in [0.717, 1.165) is 18.4 Å². The molecule has 0 saturated carbocycles. The highest BCUT2D eigenvalue weighted by atomic mass is 19.1. The van der Waals surface area contributed by atoms with Crippen LogP contribution >= 0.6 is 0 Å². The molecule has 0 aliphatic carbocycles. The predicted octanol–water partition coefficient (Wildman–Crippen LogP) is 2.62. The lowest BCUT2D eigenvalue weighted by Gasteiger charge is -2.28. The van der Waals surface area contributed by atoms with Crippen LogP contribution in [0, 0.1) is 5.82 Å². The van der Waals surface area contributed by atoms with Crippen LogP contribution in [0.25, 0.3) is 0 Å². The van der Waals surface area contributed by atoms with Crippen LogP contribution in [0.1, 0.15) is 23.2 Å². The van der Waals surface area contributed by atoms with E-state index in [0.29, 0.717) is 13.1 Å². The lowest BCUT2D eigenvalue weighted by Crippen LogP contribution is -2.36. The minimum atomic E-state index is -0.447. The number of amides is 1. The number of benzene rings is 1. The van der Waals surface area contributed by atoms with Gasteiger partial charge in [-0.05, 0) is 25.0 Å². The van der Waals surface area contributed by atoms with E-state index >= 15 is 0 Å². The molecule has 0 spiro atoms. The third kappa shape index (κ3) is 2.13. The van der Waals surface area contributed by atoms with E-state index in [1.54, 1.807) is 17.0 Å². The fourth-order valence-corrected chi connectivity index (χ4v) is 1.83. The molecule has 0 radical (unpaired) electrons. The molecule has 1 aliphatic heterocycles. The molecule has 1 aromatic rings. The predicted molar refractivity (Wildman–Crippen MR) is 60.7 cm³/mol. The first-order valence-corrected chi connectivity index (χ1v) is 5.39. The van der Waals surface area contributed by atoms with Gasteiger partial charge in [-0.15, -0.1) is 0 Å². The Labute approximate surface area is 94.4 Å². The third-order valence-corrected chi connectivity index (χ3v) is 2.86. The first kappa shape index (κ1) is 10.9. The van der Waals surface area contributed by atoms with Crippen molar-refractivity contribution in [2.75, 3.05) is 13.1 Å². The molecule has 0 atom stereocenters. The number of hydrogen-bond acceptors (Lipinski definition) is 1. The molecule has 16 heavy (non-hydrogen) atoms. The molecule has 3 heteroatoms. The third-order valence-electron chi connectivity index (χ3n) is 2.86. The van der Waals surface area contributed by atoms with Crippen molar-refractivity contribution in [3.05, 3.63) is 47.8 Å². The molecule has 0 N–H and O–H groups in total. The van der Waals surface area contributed by atoms with Crippen molar-refractivity contribution in [3.63, 3.8) is 0 Å². The molecule has 0 aromatic heterocycles. The van der Waals surface area contributed by atoms with Crippen molar-refractivity contribution in [1.82, 2.24) is 4.90 Å². The molecule has 2 nitrogen and oxygen atoms in total. The standard InChI is InChI=1S/C13H14FNO/c1-10-6-8-15(9-7-10)13(16)11-4-2-3-5-12(11)14/h2-5H,1,6-9H2. The van der Waals surface area contributed by atoms with Gasteiger partial charge in [0.15, 0.2) is 0 Å². The summed E-state index contributed by atoms with van der Waals surface area (Å²) in [5, 5.41) is 0. The van der Waals surface area contributed by atoms with E-state index in [1.807, 2.05) is 0 Å². The van der Waals surface area contributed by atoms with Crippen LogP contribution in [0.3, 0.4) is 0 Å². The monoisotopic (exact) mass is 219 g/mol. The Morgan fingerprint density at radius 2 is 1.88 bits per heavy atom. The Kier molecular flexibility index (Phi) is 3.04. The van der Waals surface area contributed by atoms with Crippen molar-refractivity contribution >= 4 is 5.91 Å². The average Bonchev–Trinajstić information content (AvgIpc) is 2.30. The molecule has 1 aliphatic rings. The summed E-state index contributed by atoms with van der Waals surface area (Å²) < 4.78 is 13.4. The number of piperidine rings is 1. The van der Waals surface area contributed by atoms with Crippen molar-refractivity contribution in [2.45, 2.75) is 12.8 Å². The van der Waals surface area contributed by atoms with Crippen LogP contribution in [0.4, 0.5) is 4.39 Å². The number of halogens is 1. The topological polar surface area (TPSA) is 20.3 Å². The Hall–Kier alpha value is -1.64. The van der Waals surface area contributed by atoms with E-state index < -0.39 is 5.82 Å². The quantitative estimate of drug-likeness (QED) is 0.665. The molecule has 84 valence electrons. The number of carbonyl (C=O) groups is 1. The maximum Gasteiger partial charge on any atom is 0.256 e. The second kappa shape index (κ2) is 4.47. The molecule has 0 bridgehead atoms. The summed E-state index contributed by atoms with van der Waals surface area (Å²) in [6.45, 7) is 5.18. The van der Waals surface area contributed by atoms with Gasteiger partial charge in [-0.3, -0.25) is 4.79 Å². The minimum Gasteiger partial charge on any atom is -0.338 e. The largest absolute Gasteiger partial charge is 0.338 e. The van der Waals surface area contributed by atoms with E-state index in [-0.39, 0.29) is 11.5 Å². The molecule has 1 aromatic carbocycles. The zero-order valence-electron chi connectivity index (χ0n) is 9.08. The van der Waals surface area contributed by atoms with E-state index in [1.165, 1.54) is 12.1 Å². The SMILES string of the molecule is C=C1CCN(C(=O)c2ccccc2F)CC1. The van der Waals surface area contributed by atoms with Crippen LogP contribution in [0.2, 0.25) is 0 Å². The lowest BCUT2D eigenvalue weighted by molar-refractivity contribution is 0.0739. The smallest absolute Gasteiger partial charge is 0.256 e. The minimum absolute atomic E-state index is 0.162. The van der Waals surface area contributed by atoms with Gasteiger partial charge in [-0.2, -0.15) is 0 Å². The van der Waals surface area contributed by atoms with Gasteiger partial charge in [0.25, 0.3) is 5.91 Å². The normalized spacial score (nSPS) is 16.3. The van der Waals surface area contributed by atoms with Gasteiger partial charge in [-0.1, -0.05) is 24.3 Å². The van der Waals surface area contributed by atoms with Crippen LogP contribution in [-0.4, -0.2) is 23.9 Å². The van der Waals surface area contributed by atoms with E-state index in [9.17, 15) is 9.18 Å². The van der Waals surface area contributed by atoms with Gasteiger partial charge in [0, 0.05) is 13.1 Å². The number of rotatable bonds is 1. The van der Waals surface area contributed by atoms with Crippen molar-refractivity contribution in [3.8, 4) is 0 Å². The van der Waals surface area contributed by atoms with Gasteiger partial charge < -0.3 is 4.90 Å². The average molecular weight is 219 g/mol. The highest BCUT2D eigenvalue weighted by molar-refractivity contribution is 5.94. The highest BCUT2D eigenvalue weighted by Crippen LogP contribution is 2.17. The van der Waals surface area contributed by atoms with E-state index in [2.05, 4.69) is 6.58 Å². The summed E-state index contributed by atoms with van der Waals surface area (Å²) >= 11 is 0. The second-order valence-electron chi connectivity index (χ2n) is 4.02. The second-order valence-corrected chi connectivity index (χ2v) is 4.02. The van der Waals surface area contributed by atoms with Crippen LogP contribution in [0.15, 0.2) is 36.4 Å². The Morgan fingerprint density at radius 1 is 1.25 bits per heavy atom. The Bertz CT molecular complexity index is 418. The van der Waals surface area contributed by atoms with Gasteiger partial charge in [0.2, 0.25) is 0 Å². The zero-order chi connectivity index (χ0) is 11.5. The lowest BCUT2D eigenvalue weighted by atomic mass is 10.0. The highest BCUT2D eigenvalue weighted by Gasteiger charge is 2.21. The summed E-state index contributed by atoms with van der Waals surface area (Å²) in [6.07, 6.45) is 1.64. The van der Waals surface area contributed by atoms with E-state index in [4.69, 9.17) is 0 Å². The molecule has 1 amide bonds. The van der Waals surface area contributed by atoms with Crippen molar-refractivity contribution in [2.24, 2.45) is 0 Å². The maximum absolute atomic E-state index is 13.4. The summed E-state index contributed by atoms with van der Waals surface area (Å²) in [4.78, 5) is 13.7. The number of carbonyl (C=O) groups excluding carboxylic acids is 1. The summed E-state index contributed by atoms with van der Waals surface area (Å²) in [7, 11) is 0. The number of likely N-dealkylation sites (tertiary alicyclic amines) is 1. The maximum atomic E-state index is 13.4. The molecular formula is C13H14FNO. The first-order chi connectivity index (χ1) is 7.68. The molecular weight excluding hydrogens is 205 g/mol. The molecule has 1 heterocycles. The van der Waals surface area contributed by atoms with Crippen molar-refractivity contribution < 1.29 is 9.18 Å². The molecule has 2 rings (SSSR count). The Balaban J connectivity index is 2.14. The van der Waals surface area contributed by atoms with Crippen molar-refractivity contribution in [1.29, 1.82) is 0 Å². The number of hydrogen-bond donors (Lipinski definition) is 0. The Morgan fingerprint density at radius 3 is 2.50 bits per heavy atom. The van der Waals surface area contributed by atoms with Crippen LogP contribution < -0.4 is 0 Å². The van der Waals surface area contributed by atoms with Gasteiger partial charge in [-0.25, -0.2) is 4.39 Å². The molecule has 0 unspecified atom stereocenters. The first-order valence-electron chi connectivity index (χ1n) is 5.39. The molecule has 1 fully saturated rings. The summed E-state index contributed by atoms with van der Waals surface area (Å²) in [6, 6.07) is 6.11. The fourth-order valence-electron chi connectivity index (χ4n) is 1.83. The molecule has 1 saturated heterocycles. The van der Waals surface area contributed by atoms with Gasteiger partial charge in [0.1, 0.15) is 5.82 Å². The fraction of sp³-hybridized carbons (Fsp3) is 0.308. The van der Waals surface area contributed by atoms with Crippen LogP contribution in [0.5, 0.6) is 0 Å².